The van der Waals surface area contributed by atoms with Gasteiger partial charge in [-0.25, -0.2) is 18.2 Å². The number of hydrogen-bond donors (Lipinski definition) is 2. The molecule has 2 N–H and O–H groups in total. The van der Waals surface area contributed by atoms with E-state index in [-0.39, 0.29) is 48.3 Å². The van der Waals surface area contributed by atoms with Crippen LogP contribution in [0, 0.1) is 6.92 Å². The molecule has 1 atom stereocenters. The molecule has 1 rings (SSSR count). The number of ether oxygens (including phenoxy) is 1. The van der Waals surface area contributed by atoms with E-state index in [1.807, 2.05) is 13.8 Å². The molecule has 0 radical (unpaired) electrons. The number of guanidine groups is 1. The van der Waals surface area contributed by atoms with E-state index in [1.54, 1.807) is 34.6 Å². The SMILES string of the molecule is CCNC(=NCCS(=O)(=O)C(C)(C)C)NC(C)c1nc(C)c(C(=O)OCC)s1.I. The lowest BCUT2D eigenvalue weighted by molar-refractivity contribution is 0.0531. The molecule has 11 heteroatoms. The van der Waals surface area contributed by atoms with Crippen molar-refractivity contribution in [2.45, 2.75) is 59.3 Å². The fourth-order valence-corrected chi connectivity index (χ4v) is 4.07. The van der Waals surface area contributed by atoms with Crippen LogP contribution >= 0.6 is 35.3 Å². The Morgan fingerprint density at radius 1 is 1.31 bits per heavy atom. The fraction of sp³-hybridized carbons (Fsp3) is 0.722. The maximum atomic E-state index is 12.2. The van der Waals surface area contributed by atoms with Gasteiger partial charge in [0.15, 0.2) is 15.8 Å². The van der Waals surface area contributed by atoms with Gasteiger partial charge in [-0.3, -0.25) is 4.99 Å². The number of aromatic nitrogens is 1. The van der Waals surface area contributed by atoms with E-state index < -0.39 is 14.6 Å². The quantitative estimate of drug-likeness (QED) is 0.218. The number of halogens is 1. The van der Waals surface area contributed by atoms with Crippen molar-refractivity contribution in [2.24, 2.45) is 4.99 Å². The average molecular weight is 561 g/mol. The summed E-state index contributed by atoms with van der Waals surface area (Å²) in [6, 6.07) is -0.205. The van der Waals surface area contributed by atoms with E-state index in [1.165, 1.54) is 11.3 Å². The summed E-state index contributed by atoms with van der Waals surface area (Å²) in [5.74, 6) is 0.110. The second kappa shape index (κ2) is 12.0. The van der Waals surface area contributed by atoms with Gasteiger partial charge in [0.25, 0.3) is 0 Å². The van der Waals surface area contributed by atoms with Gasteiger partial charge < -0.3 is 15.4 Å². The van der Waals surface area contributed by atoms with Gasteiger partial charge in [0.05, 0.1) is 35.4 Å². The molecule has 29 heavy (non-hydrogen) atoms. The van der Waals surface area contributed by atoms with Crippen molar-refractivity contribution in [1.82, 2.24) is 15.6 Å². The molecular formula is C18H33IN4O4S2. The molecule has 0 saturated carbocycles. The van der Waals surface area contributed by atoms with E-state index in [4.69, 9.17) is 4.74 Å². The minimum atomic E-state index is -3.23. The second-order valence-corrected chi connectivity index (χ2v) is 11.1. The highest BCUT2D eigenvalue weighted by Crippen LogP contribution is 2.24. The van der Waals surface area contributed by atoms with E-state index in [2.05, 4.69) is 20.6 Å². The van der Waals surface area contributed by atoms with Crippen molar-refractivity contribution in [3.63, 3.8) is 0 Å². The third-order valence-electron chi connectivity index (χ3n) is 3.90. The van der Waals surface area contributed by atoms with Crippen LogP contribution in [0.25, 0.3) is 0 Å². The highest BCUT2D eigenvalue weighted by molar-refractivity contribution is 14.0. The molecule has 0 aromatic carbocycles. The lowest BCUT2D eigenvalue weighted by atomic mass is 10.3. The van der Waals surface area contributed by atoms with Gasteiger partial charge in [0, 0.05) is 6.54 Å². The smallest absolute Gasteiger partial charge is 0.350 e. The zero-order valence-corrected chi connectivity index (χ0v) is 22.1. The second-order valence-electron chi connectivity index (χ2n) is 7.25. The van der Waals surface area contributed by atoms with Crippen LogP contribution in [0.5, 0.6) is 0 Å². The highest BCUT2D eigenvalue weighted by atomic mass is 127. The molecule has 1 aromatic heterocycles. The number of aryl methyl sites for hydroxylation is 1. The fourth-order valence-electron chi connectivity index (χ4n) is 2.16. The number of esters is 1. The lowest BCUT2D eigenvalue weighted by Crippen LogP contribution is -2.39. The summed E-state index contributed by atoms with van der Waals surface area (Å²) in [4.78, 5) is 21.3. The molecule has 0 fully saturated rings. The molecule has 1 aromatic rings. The highest BCUT2D eigenvalue weighted by Gasteiger charge is 2.28. The van der Waals surface area contributed by atoms with E-state index >= 15 is 0 Å². The summed E-state index contributed by atoms with van der Waals surface area (Å²) in [5.41, 5.74) is 0.630. The molecule has 0 aliphatic heterocycles. The van der Waals surface area contributed by atoms with E-state index in [9.17, 15) is 13.2 Å². The number of hydrogen-bond acceptors (Lipinski definition) is 7. The first-order valence-electron chi connectivity index (χ1n) is 9.34. The Balaban J connectivity index is 0.00000784. The van der Waals surface area contributed by atoms with Gasteiger partial charge in [-0.05, 0) is 48.5 Å². The van der Waals surface area contributed by atoms with Crippen LogP contribution in [0.1, 0.15) is 68.0 Å². The van der Waals surface area contributed by atoms with Crippen LogP contribution in [0.3, 0.4) is 0 Å². The summed E-state index contributed by atoms with van der Waals surface area (Å²) in [5, 5.41) is 7.04. The number of carbonyl (C=O) groups is 1. The zero-order valence-electron chi connectivity index (χ0n) is 18.2. The molecule has 1 unspecified atom stereocenters. The Labute approximate surface area is 195 Å². The van der Waals surface area contributed by atoms with Gasteiger partial charge in [-0.1, -0.05) is 0 Å². The Bertz CT molecular complexity index is 801. The van der Waals surface area contributed by atoms with Crippen LogP contribution in [-0.2, 0) is 14.6 Å². The molecule has 168 valence electrons. The number of thiazole rings is 1. The molecule has 0 saturated heterocycles. The summed E-state index contributed by atoms with van der Waals surface area (Å²) in [7, 11) is -3.23. The third kappa shape index (κ3) is 8.36. The minimum absolute atomic E-state index is 0. The average Bonchev–Trinajstić information content (AvgIpc) is 2.96. The van der Waals surface area contributed by atoms with Crippen LogP contribution in [0.15, 0.2) is 4.99 Å². The minimum Gasteiger partial charge on any atom is -0.462 e. The van der Waals surface area contributed by atoms with Crippen LogP contribution in [0.4, 0.5) is 0 Å². The van der Waals surface area contributed by atoms with E-state index in [0.717, 1.165) is 5.01 Å². The summed E-state index contributed by atoms with van der Waals surface area (Å²) in [6.07, 6.45) is 0. The predicted octanol–water partition coefficient (Wildman–Crippen LogP) is 3.08. The number of rotatable bonds is 8. The third-order valence-corrected chi connectivity index (χ3v) is 7.81. The van der Waals surface area contributed by atoms with Crippen molar-refractivity contribution < 1.29 is 17.9 Å². The van der Waals surface area contributed by atoms with Gasteiger partial charge in [-0.15, -0.1) is 35.3 Å². The first kappa shape index (κ1) is 28.1. The first-order valence-corrected chi connectivity index (χ1v) is 11.8. The van der Waals surface area contributed by atoms with Gasteiger partial charge in [0.1, 0.15) is 9.88 Å². The van der Waals surface area contributed by atoms with Crippen LogP contribution in [0.2, 0.25) is 0 Å². The number of carbonyl (C=O) groups excluding carboxylic acids is 1. The monoisotopic (exact) mass is 560 g/mol. The van der Waals surface area contributed by atoms with Gasteiger partial charge >= 0.3 is 5.97 Å². The van der Waals surface area contributed by atoms with Crippen molar-refractivity contribution in [3.8, 4) is 0 Å². The van der Waals surface area contributed by atoms with Gasteiger partial charge in [0.2, 0.25) is 0 Å². The van der Waals surface area contributed by atoms with Crippen molar-refractivity contribution in [3.05, 3.63) is 15.6 Å². The van der Waals surface area contributed by atoms with Crippen molar-refractivity contribution in [2.75, 3.05) is 25.4 Å². The molecule has 8 nitrogen and oxygen atoms in total. The number of nitrogens with one attached hydrogen (secondary N) is 2. The summed E-state index contributed by atoms with van der Waals surface area (Å²) >= 11 is 1.28. The normalized spacial score (nSPS) is 13.4. The Kier molecular flexibility index (Phi) is 11.6. The molecule has 1 heterocycles. The maximum Gasteiger partial charge on any atom is 0.350 e. The topological polar surface area (TPSA) is 110 Å². The number of nitrogens with zero attached hydrogens (tertiary/aromatic N) is 2. The molecule has 0 amide bonds. The lowest BCUT2D eigenvalue weighted by Gasteiger charge is -2.19. The standard InChI is InChI=1S/C18H32N4O4S2.HI/c1-8-19-17(20-10-11-28(24,25)18(5,6)7)22-13(4)15-21-12(3)14(27-15)16(23)26-9-2;/h13H,8-11H2,1-7H3,(H2,19,20,22);1H. The predicted molar refractivity (Wildman–Crippen MR) is 129 cm³/mol. The van der Waals surface area contributed by atoms with Crippen LogP contribution < -0.4 is 10.6 Å². The Hall–Kier alpha value is -0.950. The van der Waals surface area contributed by atoms with Crippen molar-refractivity contribution >= 4 is 57.1 Å². The summed E-state index contributed by atoms with van der Waals surface area (Å²) in [6.45, 7) is 13.5. The number of sulfone groups is 1. The molecular weight excluding hydrogens is 527 g/mol. The molecule has 0 bridgehead atoms. The van der Waals surface area contributed by atoms with Crippen molar-refractivity contribution in [1.29, 1.82) is 0 Å². The largest absolute Gasteiger partial charge is 0.462 e. The number of aliphatic imine (C=N–C) groups is 1. The Morgan fingerprint density at radius 3 is 2.45 bits per heavy atom. The molecule has 0 aliphatic rings. The maximum absolute atomic E-state index is 12.2. The zero-order chi connectivity index (χ0) is 21.5. The Morgan fingerprint density at radius 2 is 1.93 bits per heavy atom. The molecule has 0 spiro atoms. The van der Waals surface area contributed by atoms with E-state index in [0.29, 0.717) is 29.7 Å². The molecule has 0 aliphatic carbocycles. The van der Waals surface area contributed by atoms with Gasteiger partial charge in [-0.2, -0.15) is 0 Å². The van der Waals surface area contributed by atoms with Crippen LogP contribution in [-0.4, -0.2) is 55.5 Å². The first-order chi connectivity index (χ1) is 12.9. The summed E-state index contributed by atoms with van der Waals surface area (Å²) < 4.78 is 28.7.